The van der Waals surface area contributed by atoms with Gasteiger partial charge in [0.15, 0.2) is 0 Å². The van der Waals surface area contributed by atoms with Gasteiger partial charge in [0, 0.05) is 13.2 Å². The minimum Gasteiger partial charge on any atom is -0.393 e. The van der Waals surface area contributed by atoms with E-state index < -0.39 is 0 Å². The molecule has 0 aromatic rings. The maximum Gasteiger partial charge on any atom is 0.225 e. The van der Waals surface area contributed by atoms with Crippen LogP contribution in [0.2, 0.25) is 0 Å². The van der Waals surface area contributed by atoms with E-state index in [1.54, 1.807) is 0 Å². The van der Waals surface area contributed by atoms with Crippen LogP contribution in [0.4, 0.5) is 0 Å². The average Bonchev–Trinajstić information content (AvgIpc) is 2.79. The standard InChI is InChI=1S/C12H21NO3/c14-11-3-1-2-9(6-11)7-13-12(15)10-4-5-16-8-10/h9-11,14H,1-8H2,(H,13,15). The van der Waals surface area contributed by atoms with Crippen molar-refractivity contribution in [1.82, 2.24) is 5.32 Å². The van der Waals surface area contributed by atoms with E-state index in [1.165, 1.54) is 0 Å². The van der Waals surface area contributed by atoms with Crippen molar-refractivity contribution in [2.24, 2.45) is 11.8 Å². The fourth-order valence-electron chi connectivity index (χ4n) is 2.58. The lowest BCUT2D eigenvalue weighted by molar-refractivity contribution is -0.125. The quantitative estimate of drug-likeness (QED) is 0.746. The van der Waals surface area contributed by atoms with E-state index in [0.717, 1.165) is 32.1 Å². The van der Waals surface area contributed by atoms with Crippen molar-refractivity contribution in [2.45, 2.75) is 38.2 Å². The first-order valence-electron chi connectivity index (χ1n) is 6.29. The van der Waals surface area contributed by atoms with Gasteiger partial charge in [0.05, 0.1) is 18.6 Å². The smallest absolute Gasteiger partial charge is 0.225 e. The van der Waals surface area contributed by atoms with Crippen LogP contribution in [0.5, 0.6) is 0 Å². The molecule has 0 spiro atoms. The summed E-state index contributed by atoms with van der Waals surface area (Å²) in [4.78, 5) is 11.7. The average molecular weight is 227 g/mol. The lowest BCUT2D eigenvalue weighted by Gasteiger charge is -2.26. The Balaban J connectivity index is 1.67. The lowest BCUT2D eigenvalue weighted by Crippen LogP contribution is -2.36. The first kappa shape index (κ1) is 11.9. The van der Waals surface area contributed by atoms with Crippen LogP contribution in [0.25, 0.3) is 0 Å². The highest BCUT2D eigenvalue weighted by Crippen LogP contribution is 2.23. The predicted octanol–water partition coefficient (Wildman–Crippen LogP) is 0.690. The molecule has 0 radical (unpaired) electrons. The first-order chi connectivity index (χ1) is 7.75. The SMILES string of the molecule is O=C(NCC1CCCC(O)C1)C1CCOC1. The highest BCUT2D eigenvalue weighted by Gasteiger charge is 2.25. The molecule has 0 bridgehead atoms. The normalized spacial score (nSPS) is 34.9. The van der Waals surface area contributed by atoms with E-state index in [2.05, 4.69) is 5.32 Å². The largest absolute Gasteiger partial charge is 0.393 e. The number of carbonyl (C=O) groups excluding carboxylic acids is 1. The molecule has 1 saturated heterocycles. The molecule has 0 aromatic heterocycles. The van der Waals surface area contributed by atoms with Gasteiger partial charge in [-0.15, -0.1) is 0 Å². The molecule has 4 heteroatoms. The zero-order valence-electron chi connectivity index (χ0n) is 9.65. The molecule has 3 unspecified atom stereocenters. The summed E-state index contributed by atoms with van der Waals surface area (Å²) in [6.45, 7) is 1.99. The number of amides is 1. The number of hydrogen-bond donors (Lipinski definition) is 2. The Bertz CT molecular complexity index is 238. The molecule has 16 heavy (non-hydrogen) atoms. The molecule has 3 atom stereocenters. The van der Waals surface area contributed by atoms with Crippen LogP contribution in [-0.2, 0) is 9.53 Å². The summed E-state index contributed by atoms with van der Waals surface area (Å²) in [6, 6.07) is 0. The van der Waals surface area contributed by atoms with Gasteiger partial charge in [0.2, 0.25) is 5.91 Å². The fourth-order valence-corrected chi connectivity index (χ4v) is 2.58. The first-order valence-corrected chi connectivity index (χ1v) is 6.29. The summed E-state index contributed by atoms with van der Waals surface area (Å²) in [5, 5.41) is 12.5. The Hall–Kier alpha value is -0.610. The molecule has 92 valence electrons. The van der Waals surface area contributed by atoms with Crippen molar-refractivity contribution < 1.29 is 14.6 Å². The van der Waals surface area contributed by atoms with Gasteiger partial charge in [-0.3, -0.25) is 4.79 Å². The van der Waals surface area contributed by atoms with Gasteiger partial charge in [-0.05, 0) is 31.6 Å². The van der Waals surface area contributed by atoms with Crippen molar-refractivity contribution in [3.8, 4) is 0 Å². The second-order valence-corrected chi connectivity index (χ2v) is 4.99. The van der Waals surface area contributed by atoms with E-state index in [4.69, 9.17) is 4.74 Å². The minimum absolute atomic E-state index is 0.0496. The fraction of sp³-hybridized carbons (Fsp3) is 0.917. The van der Waals surface area contributed by atoms with Crippen molar-refractivity contribution in [1.29, 1.82) is 0 Å². The molecule has 1 aliphatic heterocycles. The summed E-state index contributed by atoms with van der Waals surface area (Å²) in [6.07, 6.45) is 4.64. The summed E-state index contributed by atoms with van der Waals surface area (Å²) in [5.41, 5.74) is 0. The minimum atomic E-state index is -0.162. The summed E-state index contributed by atoms with van der Waals surface area (Å²) in [7, 11) is 0. The van der Waals surface area contributed by atoms with Crippen LogP contribution in [0.1, 0.15) is 32.1 Å². The zero-order chi connectivity index (χ0) is 11.4. The Morgan fingerprint density at radius 1 is 1.38 bits per heavy atom. The lowest BCUT2D eigenvalue weighted by atomic mass is 9.87. The number of aliphatic hydroxyl groups excluding tert-OH is 1. The zero-order valence-corrected chi connectivity index (χ0v) is 9.65. The Labute approximate surface area is 96.4 Å². The van der Waals surface area contributed by atoms with Crippen LogP contribution in [0.15, 0.2) is 0 Å². The van der Waals surface area contributed by atoms with Crippen LogP contribution < -0.4 is 5.32 Å². The van der Waals surface area contributed by atoms with E-state index >= 15 is 0 Å². The molecular formula is C12H21NO3. The highest BCUT2D eigenvalue weighted by atomic mass is 16.5. The van der Waals surface area contributed by atoms with Gasteiger partial charge in [0.25, 0.3) is 0 Å². The molecular weight excluding hydrogens is 206 g/mol. The second kappa shape index (κ2) is 5.64. The van der Waals surface area contributed by atoms with Gasteiger partial charge >= 0.3 is 0 Å². The molecule has 1 aliphatic carbocycles. The molecule has 1 amide bonds. The van der Waals surface area contributed by atoms with Gasteiger partial charge < -0.3 is 15.2 Å². The number of aliphatic hydroxyl groups is 1. The van der Waals surface area contributed by atoms with Crippen molar-refractivity contribution in [3.63, 3.8) is 0 Å². The third-order valence-corrected chi connectivity index (χ3v) is 3.62. The highest BCUT2D eigenvalue weighted by molar-refractivity contribution is 5.78. The third kappa shape index (κ3) is 3.19. The molecule has 1 heterocycles. The summed E-state index contributed by atoms with van der Waals surface area (Å²) in [5.74, 6) is 0.626. The van der Waals surface area contributed by atoms with Crippen LogP contribution in [0, 0.1) is 11.8 Å². The number of nitrogens with one attached hydrogen (secondary N) is 1. The Kier molecular flexibility index (Phi) is 4.18. The maximum absolute atomic E-state index is 11.7. The van der Waals surface area contributed by atoms with Crippen molar-refractivity contribution in [2.75, 3.05) is 19.8 Å². The van der Waals surface area contributed by atoms with E-state index in [9.17, 15) is 9.90 Å². The molecule has 2 aliphatic rings. The van der Waals surface area contributed by atoms with Gasteiger partial charge in [-0.2, -0.15) is 0 Å². The topological polar surface area (TPSA) is 58.6 Å². The second-order valence-electron chi connectivity index (χ2n) is 4.99. The van der Waals surface area contributed by atoms with Crippen molar-refractivity contribution in [3.05, 3.63) is 0 Å². The van der Waals surface area contributed by atoms with Gasteiger partial charge in [0.1, 0.15) is 0 Å². The number of hydrogen-bond acceptors (Lipinski definition) is 3. The number of carbonyl (C=O) groups is 1. The monoisotopic (exact) mass is 227 g/mol. The Morgan fingerprint density at radius 3 is 2.94 bits per heavy atom. The van der Waals surface area contributed by atoms with Crippen LogP contribution >= 0.6 is 0 Å². The van der Waals surface area contributed by atoms with E-state index in [1.807, 2.05) is 0 Å². The molecule has 4 nitrogen and oxygen atoms in total. The van der Waals surface area contributed by atoms with Crippen LogP contribution in [-0.4, -0.2) is 36.9 Å². The maximum atomic E-state index is 11.7. The van der Waals surface area contributed by atoms with Crippen LogP contribution in [0.3, 0.4) is 0 Å². The molecule has 1 saturated carbocycles. The van der Waals surface area contributed by atoms with Crippen molar-refractivity contribution >= 4 is 5.91 Å². The van der Waals surface area contributed by atoms with Gasteiger partial charge in [-0.1, -0.05) is 6.42 Å². The molecule has 0 aromatic carbocycles. The Morgan fingerprint density at radius 2 is 2.25 bits per heavy atom. The van der Waals surface area contributed by atoms with Gasteiger partial charge in [-0.25, -0.2) is 0 Å². The van der Waals surface area contributed by atoms with E-state index in [-0.39, 0.29) is 17.9 Å². The third-order valence-electron chi connectivity index (χ3n) is 3.62. The molecule has 2 fully saturated rings. The predicted molar refractivity (Wildman–Crippen MR) is 59.9 cm³/mol. The molecule has 2 rings (SSSR count). The summed E-state index contributed by atoms with van der Waals surface area (Å²) >= 11 is 0. The number of rotatable bonds is 3. The van der Waals surface area contributed by atoms with E-state index in [0.29, 0.717) is 25.7 Å². The molecule has 2 N–H and O–H groups in total. The number of ether oxygens (including phenoxy) is 1. The summed E-state index contributed by atoms with van der Waals surface area (Å²) < 4.78 is 5.19.